The van der Waals surface area contributed by atoms with Crippen molar-refractivity contribution in [2.45, 2.75) is 38.6 Å². The van der Waals surface area contributed by atoms with Gasteiger partial charge in [-0.3, -0.25) is 9.79 Å². The normalized spacial score (nSPS) is 11.5. The lowest BCUT2D eigenvalue weighted by atomic mass is 9.76. The van der Waals surface area contributed by atoms with Gasteiger partial charge in [-0.1, -0.05) is 44.2 Å². The second-order valence-corrected chi connectivity index (χ2v) is 6.49. The number of halogens is 1. The van der Waals surface area contributed by atoms with Gasteiger partial charge >= 0.3 is 0 Å². The molecule has 154 valence electrons. The van der Waals surface area contributed by atoms with Crippen LogP contribution in [0.2, 0.25) is 0 Å². The molecule has 2 rings (SSSR count). The molecule has 2 aromatic rings. The zero-order valence-electron chi connectivity index (χ0n) is 16.8. The summed E-state index contributed by atoms with van der Waals surface area (Å²) in [6, 6.07) is 14.2. The SMILES string of the molecule is CCC(CC)(CNC(=NC)NCC(=O)NCc1ccco1)c1ccccc1.I. The summed E-state index contributed by atoms with van der Waals surface area (Å²) in [7, 11) is 1.71. The molecule has 0 aliphatic heterocycles. The summed E-state index contributed by atoms with van der Waals surface area (Å²) in [6.45, 7) is 5.68. The summed E-state index contributed by atoms with van der Waals surface area (Å²) in [4.78, 5) is 16.2. The summed E-state index contributed by atoms with van der Waals surface area (Å²) >= 11 is 0. The maximum Gasteiger partial charge on any atom is 0.239 e. The topological polar surface area (TPSA) is 78.7 Å². The van der Waals surface area contributed by atoms with Crippen molar-refractivity contribution in [2.24, 2.45) is 4.99 Å². The van der Waals surface area contributed by atoms with Gasteiger partial charge in [-0.15, -0.1) is 24.0 Å². The van der Waals surface area contributed by atoms with Crippen LogP contribution in [0, 0.1) is 0 Å². The van der Waals surface area contributed by atoms with E-state index in [0.717, 1.165) is 25.1 Å². The number of nitrogens with zero attached hydrogens (tertiary/aromatic N) is 1. The number of aliphatic imine (C=N–C) groups is 1. The van der Waals surface area contributed by atoms with Crippen LogP contribution in [0.1, 0.15) is 38.0 Å². The summed E-state index contributed by atoms with van der Waals surface area (Å²) in [5.74, 6) is 1.23. The first-order chi connectivity index (χ1) is 13.1. The molecule has 0 aliphatic rings. The molecule has 6 nitrogen and oxygen atoms in total. The molecule has 0 fully saturated rings. The lowest BCUT2D eigenvalue weighted by Crippen LogP contribution is -2.47. The number of amides is 1. The molecule has 7 heteroatoms. The van der Waals surface area contributed by atoms with E-state index in [1.165, 1.54) is 5.56 Å². The molecular formula is C21H31IN4O2. The molecule has 0 spiro atoms. The highest BCUT2D eigenvalue weighted by molar-refractivity contribution is 14.0. The standard InChI is InChI=1S/C21H30N4O2.HI/c1-4-21(5-2,17-10-7-6-8-11-17)16-25-20(22-3)24-15-19(26)23-14-18-12-9-13-27-18;/h6-13H,4-5,14-16H2,1-3H3,(H,23,26)(H2,22,24,25);1H. The van der Waals surface area contributed by atoms with Crippen molar-refractivity contribution < 1.29 is 9.21 Å². The number of hydrogen-bond donors (Lipinski definition) is 3. The van der Waals surface area contributed by atoms with Crippen molar-refractivity contribution in [2.75, 3.05) is 20.1 Å². The molecule has 0 radical (unpaired) electrons. The molecular weight excluding hydrogens is 467 g/mol. The van der Waals surface area contributed by atoms with E-state index in [-0.39, 0.29) is 41.8 Å². The van der Waals surface area contributed by atoms with Crippen LogP contribution in [0.4, 0.5) is 0 Å². The van der Waals surface area contributed by atoms with Crippen molar-refractivity contribution in [3.8, 4) is 0 Å². The Morgan fingerprint density at radius 2 is 1.75 bits per heavy atom. The van der Waals surface area contributed by atoms with E-state index < -0.39 is 0 Å². The third kappa shape index (κ3) is 6.85. The summed E-state index contributed by atoms with van der Waals surface area (Å²) in [6.07, 6.45) is 3.62. The number of guanidine groups is 1. The first kappa shape index (κ1) is 24.0. The van der Waals surface area contributed by atoms with Gasteiger partial charge in [-0.2, -0.15) is 0 Å². The monoisotopic (exact) mass is 498 g/mol. The predicted octanol–water partition coefficient (Wildman–Crippen LogP) is 3.44. The van der Waals surface area contributed by atoms with E-state index in [2.05, 4.69) is 59.1 Å². The molecule has 1 amide bonds. The molecule has 0 atom stereocenters. The van der Waals surface area contributed by atoms with E-state index in [1.807, 2.05) is 12.1 Å². The van der Waals surface area contributed by atoms with Gasteiger partial charge in [-0.25, -0.2) is 0 Å². The predicted molar refractivity (Wildman–Crippen MR) is 124 cm³/mol. The highest BCUT2D eigenvalue weighted by Gasteiger charge is 2.28. The number of nitrogens with one attached hydrogen (secondary N) is 3. The smallest absolute Gasteiger partial charge is 0.239 e. The van der Waals surface area contributed by atoms with Crippen molar-refractivity contribution in [3.05, 3.63) is 60.1 Å². The van der Waals surface area contributed by atoms with E-state index in [4.69, 9.17) is 4.42 Å². The molecule has 0 saturated heterocycles. The molecule has 0 saturated carbocycles. The Morgan fingerprint density at radius 1 is 1.04 bits per heavy atom. The zero-order valence-corrected chi connectivity index (χ0v) is 19.2. The van der Waals surface area contributed by atoms with Crippen molar-refractivity contribution in [3.63, 3.8) is 0 Å². The van der Waals surface area contributed by atoms with Crippen LogP contribution in [0.15, 0.2) is 58.1 Å². The molecule has 0 bridgehead atoms. The highest BCUT2D eigenvalue weighted by Crippen LogP contribution is 2.30. The van der Waals surface area contributed by atoms with Crippen LogP contribution in [-0.2, 0) is 16.8 Å². The van der Waals surface area contributed by atoms with Crippen molar-refractivity contribution >= 4 is 35.8 Å². The van der Waals surface area contributed by atoms with Crippen LogP contribution < -0.4 is 16.0 Å². The maximum atomic E-state index is 12.0. The molecule has 0 unspecified atom stereocenters. The Morgan fingerprint density at radius 3 is 2.32 bits per heavy atom. The summed E-state index contributed by atoms with van der Waals surface area (Å²) in [5, 5.41) is 9.25. The van der Waals surface area contributed by atoms with Gasteiger partial charge in [0.05, 0.1) is 19.4 Å². The van der Waals surface area contributed by atoms with Gasteiger partial charge in [-0.05, 0) is 30.5 Å². The number of carbonyl (C=O) groups excluding carboxylic acids is 1. The summed E-state index contributed by atoms with van der Waals surface area (Å²) in [5.41, 5.74) is 1.34. The van der Waals surface area contributed by atoms with Gasteiger partial charge < -0.3 is 20.4 Å². The number of furan rings is 1. The van der Waals surface area contributed by atoms with Crippen LogP contribution in [0.5, 0.6) is 0 Å². The van der Waals surface area contributed by atoms with Gasteiger partial charge in [0.2, 0.25) is 5.91 Å². The molecule has 28 heavy (non-hydrogen) atoms. The molecule has 3 N–H and O–H groups in total. The Hall–Kier alpha value is -2.03. The second kappa shape index (κ2) is 12.4. The molecule has 0 aliphatic carbocycles. The van der Waals surface area contributed by atoms with Gasteiger partial charge in [0.25, 0.3) is 0 Å². The molecule has 1 aromatic heterocycles. The van der Waals surface area contributed by atoms with Crippen LogP contribution >= 0.6 is 24.0 Å². The van der Waals surface area contributed by atoms with Crippen LogP contribution in [0.25, 0.3) is 0 Å². The molecule has 1 aromatic carbocycles. The Bertz CT molecular complexity index is 713. The average Bonchev–Trinajstić information content (AvgIpc) is 3.24. The maximum absolute atomic E-state index is 12.0. The fraction of sp³-hybridized carbons (Fsp3) is 0.429. The average molecular weight is 498 g/mol. The van der Waals surface area contributed by atoms with Crippen LogP contribution in [0.3, 0.4) is 0 Å². The van der Waals surface area contributed by atoms with E-state index >= 15 is 0 Å². The first-order valence-electron chi connectivity index (χ1n) is 9.42. The molecule has 1 heterocycles. The Balaban J connectivity index is 0.00000392. The van der Waals surface area contributed by atoms with Gasteiger partial charge in [0.15, 0.2) is 5.96 Å². The number of carbonyl (C=O) groups is 1. The third-order valence-corrected chi connectivity index (χ3v) is 5.01. The zero-order chi connectivity index (χ0) is 19.5. The summed E-state index contributed by atoms with van der Waals surface area (Å²) < 4.78 is 5.20. The van der Waals surface area contributed by atoms with E-state index in [0.29, 0.717) is 12.5 Å². The minimum atomic E-state index is -0.116. The van der Waals surface area contributed by atoms with Crippen molar-refractivity contribution in [1.82, 2.24) is 16.0 Å². The van der Waals surface area contributed by atoms with Gasteiger partial charge in [0, 0.05) is 19.0 Å². The van der Waals surface area contributed by atoms with Gasteiger partial charge in [0.1, 0.15) is 5.76 Å². The fourth-order valence-electron chi connectivity index (χ4n) is 3.10. The Labute approximate surface area is 184 Å². The number of benzene rings is 1. The minimum Gasteiger partial charge on any atom is -0.467 e. The third-order valence-electron chi connectivity index (χ3n) is 5.01. The second-order valence-electron chi connectivity index (χ2n) is 6.49. The van der Waals surface area contributed by atoms with Crippen LogP contribution in [-0.4, -0.2) is 32.0 Å². The van der Waals surface area contributed by atoms with Crippen molar-refractivity contribution in [1.29, 1.82) is 0 Å². The minimum absolute atomic E-state index is 0. The lowest BCUT2D eigenvalue weighted by molar-refractivity contribution is -0.120. The number of hydrogen-bond acceptors (Lipinski definition) is 3. The quantitative estimate of drug-likeness (QED) is 0.281. The number of rotatable bonds is 9. The highest BCUT2D eigenvalue weighted by atomic mass is 127. The van der Waals surface area contributed by atoms with E-state index in [1.54, 1.807) is 19.4 Å². The van der Waals surface area contributed by atoms with E-state index in [9.17, 15) is 4.79 Å². The lowest BCUT2D eigenvalue weighted by Gasteiger charge is -2.33. The largest absolute Gasteiger partial charge is 0.467 e. The fourth-order valence-corrected chi connectivity index (χ4v) is 3.10. The first-order valence-corrected chi connectivity index (χ1v) is 9.42. The Kier molecular flexibility index (Phi) is 10.7.